The van der Waals surface area contributed by atoms with Crippen LogP contribution in [-0.2, 0) is 33.6 Å². The summed E-state index contributed by atoms with van der Waals surface area (Å²) < 4.78 is 0. The van der Waals surface area contributed by atoms with Crippen LogP contribution < -0.4 is 0 Å². The quantitative estimate of drug-likeness (QED) is 0.161. The first kappa shape index (κ1) is 33.3. The monoisotopic (exact) mass is 572 g/mol. The van der Waals surface area contributed by atoms with E-state index in [1.165, 1.54) is 13.8 Å². The first-order valence-electron chi connectivity index (χ1n) is 15.7. The maximum absolute atomic E-state index is 13.7. The van der Waals surface area contributed by atoms with Gasteiger partial charge in [0, 0.05) is 36.3 Å². The van der Waals surface area contributed by atoms with E-state index in [4.69, 9.17) is 0 Å². The molecule has 3 atom stereocenters. The van der Waals surface area contributed by atoms with E-state index in [1.807, 2.05) is 26.0 Å². The van der Waals surface area contributed by atoms with E-state index in [0.717, 1.165) is 59.1 Å². The van der Waals surface area contributed by atoms with Crippen LogP contribution in [0.4, 0.5) is 0 Å². The third kappa shape index (κ3) is 8.20. The van der Waals surface area contributed by atoms with Gasteiger partial charge in [0.15, 0.2) is 11.6 Å². The minimum Gasteiger partial charge on any atom is -0.300 e. The molecule has 1 aliphatic carbocycles. The molecule has 0 radical (unpaired) electrons. The molecule has 0 aliphatic heterocycles. The van der Waals surface area contributed by atoms with Gasteiger partial charge in [0.25, 0.3) is 0 Å². The minimum atomic E-state index is -0.149. The van der Waals surface area contributed by atoms with Crippen LogP contribution in [0, 0.1) is 24.7 Å². The first-order chi connectivity index (χ1) is 19.9. The number of hydrogen-bond acceptors (Lipinski definition) is 5. The summed E-state index contributed by atoms with van der Waals surface area (Å²) in [4.78, 5) is 63.1. The lowest BCUT2D eigenvalue weighted by Crippen LogP contribution is -2.30. The van der Waals surface area contributed by atoms with Gasteiger partial charge in [-0.25, -0.2) is 0 Å². The minimum absolute atomic E-state index is 0.00165. The number of hydrogen-bond donors (Lipinski definition) is 0. The molecule has 0 saturated carbocycles. The van der Waals surface area contributed by atoms with Crippen LogP contribution in [0.25, 0.3) is 0 Å². The highest BCUT2D eigenvalue weighted by molar-refractivity contribution is 6.01. The van der Waals surface area contributed by atoms with Crippen molar-refractivity contribution in [2.24, 2.45) is 17.8 Å². The number of ketones is 5. The molecule has 0 N–H and O–H groups in total. The molecule has 0 spiro atoms. The van der Waals surface area contributed by atoms with Crippen molar-refractivity contribution in [3.8, 4) is 0 Å². The maximum atomic E-state index is 13.7. The van der Waals surface area contributed by atoms with Crippen LogP contribution in [-0.4, -0.2) is 28.9 Å². The average Bonchev–Trinajstić information content (AvgIpc) is 2.90. The zero-order valence-electron chi connectivity index (χ0n) is 26.6. The molecule has 0 amide bonds. The Morgan fingerprint density at radius 1 is 0.952 bits per heavy atom. The van der Waals surface area contributed by atoms with Gasteiger partial charge in [0.1, 0.15) is 17.3 Å². The Kier molecular flexibility index (Phi) is 11.7. The second kappa shape index (κ2) is 14.8. The molecule has 3 rings (SSSR count). The summed E-state index contributed by atoms with van der Waals surface area (Å²) in [6, 6.07) is 9.32. The Hall–Kier alpha value is -3.21. The third-order valence-corrected chi connectivity index (χ3v) is 8.99. The van der Waals surface area contributed by atoms with Crippen LogP contribution in [0.2, 0.25) is 0 Å². The summed E-state index contributed by atoms with van der Waals surface area (Å²) in [7, 11) is 0. The summed E-state index contributed by atoms with van der Waals surface area (Å²) in [5.41, 5.74) is 6.36. The fourth-order valence-electron chi connectivity index (χ4n) is 6.94. The van der Waals surface area contributed by atoms with Gasteiger partial charge >= 0.3 is 0 Å². The lowest BCUT2D eigenvalue weighted by atomic mass is 9.70. The van der Waals surface area contributed by atoms with E-state index in [9.17, 15) is 24.0 Å². The van der Waals surface area contributed by atoms with Crippen LogP contribution in [0.3, 0.4) is 0 Å². The molecular weight excluding hydrogens is 524 g/mol. The van der Waals surface area contributed by atoms with Gasteiger partial charge in [0.2, 0.25) is 0 Å². The molecule has 0 bridgehead atoms. The second-order valence-corrected chi connectivity index (χ2v) is 12.7. The highest BCUT2D eigenvalue weighted by atomic mass is 16.2. The highest BCUT2D eigenvalue weighted by Gasteiger charge is 2.34. The first-order valence-corrected chi connectivity index (χ1v) is 15.7. The number of benzene rings is 2. The summed E-state index contributed by atoms with van der Waals surface area (Å²) >= 11 is 0. The lowest BCUT2D eigenvalue weighted by Gasteiger charge is -2.33. The van der Waals surface area contributed by atoms with Crippen LogP contribution in [0.5, 0.6) is 0 Å². The van der Waals surface area contributed by atoms with Crippen molar-refractivity contribution in [3.63, 3.8) is 0 Å². The third-order valence-electron chi connectivity index (χ3n) is 8.99. The maximum Gasteiger partial charge on any atom is 0.163 e. The zero-order valence-corrected chi connectivity index (χ0v) is 26.6. The molecule has 42 heavy (non-hydrogen) atoms. The average molecular weight is 573 g/mol. The molecule has 2 aromatic rings. The van der Waals surface area contributed by atoms with E-state index in [0.29, 0.717) is 18.4 Å². The Morgan fingerprint density at radius 2 is 1.62 bits per heavy atom. The molecule has 5 heteroatoms. The van der Waals surface area contributed by atoms with E-state index in [-0.39, 0.29) is 71.9 Å². The molecule has 0 fully saturated rings. The molecular formula is C37H48O5. The Labute approximate surface area is 251 Å². The molecule has 226 valence electrons. The molecule has 3 unspecified atom stereocenters. The molecule has 1 aliphatic rings. The van der Waals surface area contributed by atoms with Gasteiger partial charge < -0.3 is 0 Å². The zero-order chi connectivity index (χ0) is 31.1. The number of Topliss-reactive ketones (excluding diaryl/α,β-unsaturated/α-hetero) is 5. The van der Waals surface area contributed by atoms with Crippen molar-refractivity contribution >= 4 is 28.9 Å². The fraction of sp³-hybridized carbons (Fsp3) is 0.541. The topological polar surface area (TPSA) is 85.3 Å². The van der Waals surface area contributed by atoms with Gasteiger partial charge in [-0.3, -0.25) is 24.0 Å². The Balaban J connectivity index is 1.85. The van der Waals surface area contributed by atoms with Gasteiger partial charge in [-0.2, -0.15) is 0 Å². The van der Waals surface area contributed by atoms with E-state index >= 15 is 0 Å². The van der Waals surface area contributed by atoms with E-state index < -0.39 is 0 Å². The SMILES string of the molecule is CCCC(CC1CC(=O)c2c(C)c(CC(=O)Cc3ccc(C(C)=O)cc3)cc(C(C)C)c2C1)C(CC)C(=O)CC(C)=O. The largest absolute Gasteiger partial charge is 0.300 e. The van der Waals surface area contributed by atoms with Crippen molar-refractivity contribution in [1.29, 1.82) is 0 Å². The number of carbonyl (C=O) groups excluding carboxylic acids is 5. The summed E-state index contributed by atoms with van der Waals surface area (Å²) in [5, 5.41) is 0. The van der Waals surface area contributed by atoms with Crippen LogP contribution in [0.15, 0.2) is 30.3 Å². The van der Waals surface area contributed by atoms with Crippen LogP contribution >= 0.6 is 0 Å². The lowest BCUT2D eigenvalue weighted by molar-refractivity contribution is -0.130. The number of fused-ring (bicyclic) bond motifs is 1. The van der Waals surface area contributed by atoms with Gasteiger partial charge in [0.05, 0.1) is 6.42 Å². The van der Waals surface area contributed by atoms with E-state index in [2.05, 4.69) is 26.8 Å². The molecule has 0 aromatic heterocycles. The predicted octanol–water partition coefficient (Wildman–Crippen LogP) is 7.80. The van der Waals surface area contributed by atoms with Crippen molar-refractivity contribution in [3.05, 3.63) is 69.3 Å². The molecule has 0 saturated heterocycles. The van der Waals surface area contributed by atoms with Crippen molar-refractivity contribution in [2.75, 3.05) is 0 Å². The smallest absolute Gasteiger partial charge is 0.163 e. The Morgan fingerprint density at radius 3 is 2.17 bits per heavy atom. The normalized spacial score (nSPS) is 16.2. The molecule has 5 nitrogen and oxygen atoms in total. The Bertz CT molecular complexity index is 1330. The summed E-state index contributed by atoms with van der Waals surface area (Å²) in [6.45, 7) is 13.4. The predicted molar refractivity (Wildman–Crippen MR) is 167 cm³/mol. The van der Waals surface area contributed by atoms with Gasteiger partial charge in [-0.05, 0) is 85.6 Å². The highest BCUT2D eigenvalue weighted by Crippen LogP contribution is 2.40. The second-order valence-electron chi connectivity index (χ2n) is 12.7. The van der Waals surface area contributed by atoms with Gasteiger partial charge in [-0.15, -0.1) is 0 Å². The van der Waals surface area contributed by atoms with E-state index in [1.54, 1.807) is 12.1 Å². The summed E-state index contributed by atoms with van der Waals surface area (Å²) in [6.07, 6.45) is 5.16. The van der Waals surface area contributed by atoms with Crippen LogP contribution in [0.1, 0.15) is 135 Å². The standard InChI is InChI=1S/C37H48O5/c1-8-10-29(32(9-2)35(41)15-23(5)38)16-27-18-34-33(22(3)4)21-30(24(6)37(34)36(42)19-27)20-31(40)17-26-11-13-28(14-12-26)25(7)39/h11-14,21-22,27,29,32H,8-10,15-20H2,1-7H3. The van der Waals surface area contributed by atoms with Crippen molar-refractivity contribution in [2.45, 2.75) is 112 Å². The van der Waals surface area contributed by atoms with Crippen molar-refractivity contribution in [1.82, 2.24) is 0 Å². The fourth-order valence-corrected chi connectivity index (χ4v) is 6.94. The number of carbonyl (C=O) groups is 5. The summed E-state index contributed by atoms with van der Waals surface area (Å²) in [5.74, 6) is 0.523. The van der Waals surface area contributed by atoms with Crippen molar-refractivity contribution < 1.29 is 24.0 Å². The molecule has 2 aromatic carbocycles. The van der Waals surface area contributed by atoms with Gasteiger partial charge in [-0.1, -0.05) is 70.9 Å². The molecule has 0 heterocycles. The number of rotatable bonds is 15.